The van der Waals surface area contributed by atoms with Crippen molar-refractivity contribution in [2.45, 2.75) is 6.10 Å². The summed E-state index contributed by atoms with van der Waals surface area (Å²) in [5, 5.41) is 19.2. The minimum atomic E-state index is -0.518. The van der Waals surface area contributed by atoms with Crippen molar-refractivity contribution in [2.24, 2.45) is 0 Å². The molecule has 0 fully saturated rings. The summed E-state index contributed by atoms with van der Waals surface area (Å²) in [6, 6.07) is 7.63. The number of nitrogens with one attached hydrogen (secondary N) is 1. The van der Waals surface area contributed by atoms with Gasteiger partial charge in [-0.2, -0.15) is 11.3 Å². The van der Waals surface area contributed by atoms with Crippen molar-refractivity contribution >= 4 is 33.5 Å². The van der Waals surface area contributed by atoms with Gasteiger partial charge in [-0.15, -0.1) is 0 Å². The first-order valence-electron chi connectivity index (χ1n) is 6.32. The Morgan fingerprint density at radius 1 is 1.25 bits per heavy atom. The van der Waals surface area contributed by atoms with Crippen LogP contribution >= 0.6 is 11.3 Å². The number of hydrogen-bond acceptors (Lipinski definition) is 5. The van der Waals surface area contributed by atoms with Gasteiger partial charge in [-0.1, -0.05) is 0 Å². The van der Waals surface area contributed by atoms with Crippen LogP contribution in [0.4, 0.5) is 11.4 Å². The Labute approximate surface area is 120 Å². The summed E-state index contributed by atoms with van der Waals surface area (Å²) in [5.74, 6) is 0. The quantitative estimate of drug-likeness (QED) is 0.644. The number of fused-ring (bicyclic) bond motifs is 1. The second-order valence-electron chi connectivity index (χ2n) is 4.58. The Bertz CT molecular complexity index is 712. The van der Waals surface area contributed by atoms with Crippen molar-refractivity contribution in [1.29, 1.82) is 0 Å². The molecule has 0 aliphatic heterocycles. The number of rotatable bonds is 4. The maximum atomic E-state index is 10.1. The SMILES string of the molecule is Nc1ccc(NCC(O)c2ccsc2)c2ccncc12. The van der Waals surface area contributed by atoms with Crippen molar-refractivity contribution in [2.75, 3.05) is 17.6 Å². The number of pyridine rings is 1. The summed E-state index contributed by atoms with van der Waals surface area (Å²) in [5.41, 5.74) is 8.53. The number of nitrogen functional groups attached to an aromatic ring is 1. The summed E-state index contributed by atoms with van der Waals surface area (Å²) in [7, 11) is 0. The molecule has 2 heterocycles. The number of hydrogen-bond donors (Lipinski definition) is 3. The molecular formula is C15H15N3OS. The average Bonchev–Trinajstić information content (AvgIpc) is 3.01. The third-order valence-electron chi connectivity index (χ3n) is 3.27. The number of thiophene rings is 1. The number of anilines is 2. The lowest BCUT2D eigenvalue weighted by Crippen LogP contribution is -2.11. The van der Waals surface area contributed by atoms with Crippen molar-refractivity contribution in [3.63, 3.8) is 0 Å². The smallest absolute Gasteiger partial charge is 0.0970 e. The van der Waals surface area contributed by atoms with Gasteiger partial charge in [0.25, 0.3) is 0 Å². The van der Waals surface area contributed by atoms with Crippen LogP contribution in [0, 0.1) is 0 Å². The molecule has 0 saturated heterocycles. The fourth-order valence-electron chi connectivity index (χ4n) is 2.16. The highest BCUT2D eigenvalue weighted by Gasteiger charge is 2.09. The van der Waals surface area contributed by atoms with Crippen LogP contribution in [0.3, 0.4) is 0 Å². The Hall–Kier alpha value is -2.11. The molecule has 0 amide bonds. The first-order valence-corrected chi connectivity index (χ1v) is 7.26. The van der Waals surface area contributed by atoms with Gasteiger partial charge >= 0.3 is 0 Å². The molecule has 20 heavy (non-hydrogen) atoms. The van der Waals surface area contributed by atoms with Crippen LogP contribution in [-0.4, -0.2) is 16.6 Å². The Balaban J connectivity index is 1.83. The number of aromatic nitrogens is 1. The molecule has 4 nitrogen and oxygen atoms in total. The molecular weight excluding hydrogens is 270 g/mol. The van der Waals surface area contributed by atoms with Crippen LogP contribution in [0.2, 0.25) is 0 Å². The Kier molecular flexibility index (Phi) is 3.54. The van der Waals surface area contributed by atoms with E-state index in [2.05, 4.69) is 10.3 Å². The minimum absolute atomic E-state index is 0.456. The van der Waals surface area contributed by atoms with Gasteiger partial charge in [-0.05, 0) is 40.6 Å². The highest BCUT2D eigenvalue weighted by Crippen LogP contribution is 2.28. The maximum absolute atomic E-state index is 10.1. The number of aliphatic hydroxyl groups is 1. The second-order valence-corrected chi connectivity index (χ2v) is 5.36. The van der Waals surface area contributed by atoms with Crippen LogP contribution < -0.4 is 11.1 Å². The predicted molar refractivity (Wildman–Crippen MR) is 83.9 cm³/mol. The van der Waals surface area contributed by atoms with Crippen molar-refractivity contribution in [1.82, 2.24) is 4.98 Å². The molecule has 1 atom stereocenters. The highest BCUT2D eigenvalue weighted by molar-refractivity contribution is 7.07. The summed E-state index contributed by atoms with van der Waals surface area (Å²) in [6.45, 7) is 0.456. The van der Waals surface area contributed by atoms with E-state index in [-0.39, 0.29) is 0 Å². The fourth-order valence-corrected chi connectivity index (χ4v) is 2.86. The average molecular weight is 285 g/mol. The molecule has 1 unspecified atom stereocenters. The molecule has 3 rings (SSSR count). The largest absolute Gasteiger partial charge is 0.398 e. The van der Waals surface area contributed by atoms with E-state index in [1.165, 1.54) is 0 Å². The molecule has 5 heteroatoms. The summed E-state index contributed by atoms with van der Waals surface area (Å²) >= 11 is 1.58. The van der Waals surface area contributed by atoms with Crippen LogP contribution in [0.1, 0.15) is 11.7 Å². The molecule has 2 aromatic heterocycles. The Morgan fingerprint density at radius 3 is 2.95 bits per heavy atom. The molecule has 0 saturated carbocycles. The van der Waals surface area contributed by atoms with Gasteiger partial charge < -0.3 is 16.2 Å². The first kappa shape index (κ1) is 12.9. The van der Waals surface area contributed by atoms with E-state index in [9.17, 15) is 5.11 Å². The molecule has 0 bridgehead atoms. The number of nitrogens with zero attached hydrogens (tertiary/aromatic N) is 1. The second kappa shape index (κ2) is 5.48. The number of benzene rings is 1. The third kappa shape index (κ3) is 2.45. The lowest BCUT2D eigenvalue weighted by molar-refractivity contribution is 0.192. The molecule has 0 aliphatic rings. The number of aliphatic hydroxyl groups excluding tert-OH is 1. The zero-order valence-corrected chi connectivity index (χ0v) is 11.6. The van der Waals surface area contributed by atoms with E-state index in [0.717, 1.165) is 22.0 Å². The molecule has 4 N–H and O–H groups in total. The van der Waals surface area contributed by atoms with E-state index in [4.69, 9.17) is 5.73 Å². The first-order chi connectivity index (χ1) is 9.75. The van der Waals surface area contributed by atoms with E-state index >= 15 is 0 Å². The monoisotopic (exact) mass is 285 g/mol. The zero-order chi connectivity index (χ0) is 13.9. The van der Waals surface area contributed by atoms with Crippen LogP contribution in [0.5, 0.6) is 0 Å². The standard InChI is InChI=1S/C15H15N3OS/c16-13-1-2-14(11-3-5-17-7-12(11)13)18-8-15(19)10-4-6-20-9-10/h1-7,9,15,18-19H,8,16H2. The minimum Gasteiger partial charge on any atom is -0.398 e. The molecule has 1 aromatic carbocycles. The molecule has 0 radical (unpaired) electrons. The van der Waals surface area contributed by atoms with Gasteiger partial charge in [0, 0.05) is 41.1 Å². The Morgan fingerprint density at radius 2 is 2.15 bits per heavy atom. The van der Waals surface area contributed by atoms with E-state index in [1.54, 1.807) is 23.7 Å². The van der Waals surface area contributed by atoms with Crippen molar-refractivity contribution < 1.29 is 5.11 Å². The van der Waals surface area contributed by atoms with Crippen LogP contribution in [0.15, 0.2) is 47.4 Å². The lowest BCUT2D eigenvalue weighted by atomic mass is 10.1. The predicted octanol–water partition coefficient (Wildman–Crippen LogP) is 3.02. The molecule has 102 valence electrons. The van der Waals surface area contributed by atoms with Crippen LogP contribution in [-0.2, 0) is 0 Å². The van der Waals surface area contributed by atoms with Crippen LogP contribution in [0.25, 0.3) is 10.8 Å². The van der Waals surface area contributed by atoms with E-state index in [1.807, 2.05) is 35.0 Å². The van der Waals surface area contributed by atoms with Crippen molar-refractivity contribution in [3.8, 4) is 0 Å². The topological polar surface area (TPSA) is 71.2 Å². The van der Waals surface area contributed by atoms with Gasteiger partial charge in [-0.25, -0.2) is 0 Å². The third-order valence-corrected chi connectivity index (χ3v) is 3.97. The van der Waals surface area contributed by atoms with Gasteiger partial charge in [0.1, 0.15) is 0 Å². The fraction of sp³-hybridized carbons (Fsp3) is 0.133. The zero-order valence-electron chi connectivity index (χ0n) is 10.8. The maximum Gasteiger partial charge on any atom is 0.0970 e. The molecule has 0 aliphatic carbocycles. The van der Waals surface area contributed by atoms with Gasteiger partial charge in [0.05, 0.1) is 6.10 Å². The molecule has 3 aromatic rings. The summed E-state index contributed by atoms with van der Waals surface area (Å²) < 4.78 is 0. The van der Waals surface area contributed by atoms with Gasteiger partial charge in [0.2, 0.25) is 0 Å². The normalized spacial score (nSPS) is 12.4. The van der Waals surface area contributed by atoms with Crippen molar-refractivity contribution in [3.05, 3.63) is 53.0 Å². The highest BCUT2D eigenvalue weighted by atomic mass is 32.1. The molecule has 0 spiro atoms. The van der Waals surface area contributed by atoms with E-state index in [0.29, 0.717) is 12.2 Å². The van der Waals surface area contributed by atoms with Gasteiger partial charge in [0.15, 0.2) is 0 Å². The van der Waals surface area contributed by atoms with Gasteiger partial charge in [-0.3, -0.25) is 4.98 Å². The van der Waals surface area contributed by atoms with E-state index < -0.39 is 6.10 Å². The summed E-state index contributed by atoms with van der Waals surface area (Å²) in [4.78, 5) is 4.09. The lowest BCUT2D eigenvalue weighted by Gasteiger charge is -2.14. The summed E-state index contributed by atoms with van der Waals surface area (Å²) in [6.07, 6.45) is 2.98. The number of nitrogens with two attached hydrogens (primary N) is 1.